The highest BCUT2D eigenvalue weighted by Crippen LogP contribution is 2.37. The molecule has 1 aliphatic heterocycles. The first-order valence-corrected chi connectivity index (χ1v) is 11.9. The number of nitrogens with one attached hydrogen (secondary N) is 1. The second-order valence-corrected chi connectivity index (χ2v) is 10.1. The maximum absolute atomic E-state index is 14.4. The van der Waals surface area contributed by atoms with E-state index in [1.807, 2.05) is 64.1 Å². The summed E-state index contributed by atoms with van der Waals surface area (Å²) in [4.78, 5) is 25.6. The number of rotatable bonds is 6. The van der Waals surface area contributed by atoms with Gasteiger partial charge in [0.05, 0.1) is 23.9 Å². The van der Waals surface area contributed by atoms with Crippen molar-refractivity contribution in [3.63, 3.8) is 0 Å². The predicted octanol–water partition coefficient (Wildman–Crippen LogP) is 4.10. The number of esters is 1. The molecule has 0 radical (unpaired) electrons. The molecule has 0 spiro atoms. The number of carbonyl (C=O) groups excluding carboxylic acids is 2. The van der Waals surface area contributed by atoms with Crippen LogP contribution < -0.4 is 10.8 Å². The molecule has 3 aromatic rings. The van der Waals surface area contributed by atoms with Crippen LogP contribution in [0.3, 0.4) is 0 Å². The van der Waals surface area contributed by atoms with E-state index in [9.17, 15) is 14.0 Å². The predicted molar refractivity (Wildman–Crippen MR) is 138 cm³/mol. The first kappa shape index (κ1) is 25.9. The van der Waals surface area contributed by atoms with Gasteiger partial charge in [-0.25, -0.2) is 9.18 Å². The molecule has 4 rings (SSSR count). The molecular formula is C28H31BFNO5. The summed E-state index contributed by atoms with van der Waals surface area (Å²) in [6, 6.07) is 15.0. The number of fused-ring (bicyclic) bond motifs is 1. The van der Waals surface area contributed by atoms with Gasteiger partial charge in [-0.2, -0.15) is 0 Å². The van der Waals surface area contributed by atoms with E-state index in [4.69, 9.17) is 14.0 Å². The Balaban J connectivity index is 1.67. The molecule has 0 saturated carbocycles. The summed E-state index contributed by atoms with van der Waals surface area (Å²) in [6.07, 6.45) is 0.163. The van der Waals surface area contributed by atoms with Crippen molar-refractivity contribution >= 4 is 35.2 Å². The maximum Gasteiger partial charge on any atom is 0.495 e. The molecule has 1 atom stereocenters. The van der Waals surface area contributed by atoms with Gasteiger partial charge in [-0.15, -0.1) is 0 Å². The third-order valence-electron chi connectivity index (χ3n) is 7.22. The van der Waals surface area contributed by atoms with Gasteiger partial charge in [0.2, 0.25) is 0 Å². The van der Waals surface area contributed by atoms with Gasteiger partial charge in [0.15, 0.2) is 0 Å². The average Bonchev–Trinajstić information content (AvgIpc) is 3.04. The SMILES string of the molecule is COC(=O)[C@H](Cc1cccc2c(B3OC(C)(C)C(C)(C)O3)cccc12)NC(=O)c1c(C)cccc1F. The number of methoxy groups -OCH3 is 1. The van der Waals surface area contributed by atoms with E-state index in [1.54, 1.807) is 13.0 Å². The van der Waals surface area contributed by atoms with Crippen LogP contribution in [0.1, 0.15) is 49.2 Å². The first-order valence-electron chi connectivity index (χ1n) is 11.9. The fourth-order valence-corrected chi connectivity index (χ4v) is 4.46. The zero-order valence-corrected chi connectivity index (χ0v) is 21.5. The summed E-state index contributed by atoms with van der Waals surface area (Å²) in [6.45, 7) is 9.66. The van der Waals surface area contributed by atoms with Crippen LogP contribution in [-0.4, -0.2) is 43.3 Å². The van der Waals surface area contributed by atoms with Gasteiger partial charge in [-0.05, 0) is 68.0 Å². The average molecular weight is 491 g/mol. The van der Waals surface area contributed by atoms with Crippen LogP contribution in [-0.2, 0) is 25.3 Å². The molecule has 1 aliphatic rings. The van der Waals surface area contributed by atoms with Gasteiger partial charge >= 0.3 is 13.1 Å². The van der Waals surface area contributed by atoms with E-state index in [0.717, 1.165) is 21.8 Å². The van der Waals surface area contributed by atoms with Crippen molar-refractivity contribution in [2.24, 2.45) is 0 Å². The smallest absolute Gasteiger partial charge is 0.467 e. The molecule has 1 heterocycles. The molecule has 1 N–H and O–H groups in total. The van der Waals surface area contributed by atoms with Crippen LogP contribution >= 0.6 is 0 Å². The van der Waals surface area contributed by atoms with Gasteiger partial charge in [-0.3, -0.25) is 4.79 Å². The van der Waals surface area contributed by atoms with Gasteiger partial charge < -0.3 is 19.4 Å². The van der Waals surface area contributed by atoms with Crippen molar-refractivity contribution in [1.29, 1.82) is 0 Å². The molecular weight excluding hydrogens is 460 g/mol. The summed E-state index contributed by atoms with van der Waals surface area (Å²) in [7, 11) is 0.712. The van der Waals surface area contributed by atoms with Crippen molar-refractivity contribution in [2.75, 3.05) is 7.11 Å². The number of amides is 1. The fourth-order valence-electron chi connectivity index (χ4n) is 4.46. The van der Waals surface area contributed by atoms with Crippen molar-refractivity contribution in [1.82, 2.24) is 5.32 Å². The van der Waals surface area contributed by atoms with E-state index >= 15 is 0 Å². The van der Waals surface area contributed by atoms with E-state index in [-0.39, 0.29) is 12.0 Å². The zero-order valence-electron chi connectivity index (χ0n) is 21.5. The lowest BCUT2D eigenvalue weighted by Crippen LogP contribution is -2.43. The molecule has 1 saturated heterocycles. The molecule has 188 valence electrons. The number of aryl methyl sites for hydroxylation is 1. The summed E-state index contributed by atoms with van der Waals surface area (Å²) < 4.78 is 31.9. The molecule has 8 heteroatoms. The normalized spacial score (nSPS) is 17.1. The lowest BCUT2D eigenvalue weighted by molar-refractivity contribution is -0.142. The second-order valence-electron chi connectivity index (χ2n) is 10.1. The lowest BCUT2D eigenvalue weighted by Gasteiger charge is -2.32. The van der Waals surface area contributed by atoms with Crippen molar-refractivity contribution < 1.29 is 28.0 Å². The minimum Gasteiger partial charge on any atom is -0.467 e. The van der Waals surface area contributed by atoms with E-state index < -0.39 is 42.1 Å². The zero-order chi connectivity index (χ0) is 26.3. The van der Waals surface area contributed by atoms with Gasteiger partial charge in [0.1, 0.15) is 11.9 Å². The van der Waals surface area contributed by atoms with Crippen LogP contribution in [0.15, 0.2) is 54.6 Å². The lowest BCUT2D eigenvalue weighted by atomic mass is 9.75. The van der Waals surface area contributed by atoms with Crippen molar-refractivity contribution in [3.05, 3.63) is 77.1 Å². The number of carbonyl (C=O) groups is 2. The van der Waals surface area contributed by atoms with Crippen LogP contribution in [0.5, 0.6) is 0 Å². The monoisotopic (exact) mass is 491 g/mol. The molecule has 1 amide bonds. The van der Waals surface area contributed by atoms with Crippen LogP contribution in [0, 0.1) is 12.7 Å². The first-order chi connectivity index (χ1) is 16.9. The Labute approximate surface area is 211 Å². The Morgan fingerprint density at radius 2 is 1.58 bits per heavy atom. The molecule has 0 aliphatic carbocycles. The minimum atomic E-state index is -1.01. The second kappa shape index (κ2) is 9.67. The third-order valence-corrected chi connectivity index (χ3v) is 7.22. The number of hydrogen-bond acceptors (Lipinski definition) is 5. The highest BCUT2D eigenvalue weighted by Gasteiger charge is 2.52. The molecule has 0 aromatic heterocycles. The molecule has 0 bridgehead atoms. The van der Waals surface area contributed by atoms with Crippen LogP contribution in [0.2, 0.25) is 0 Å². The summed E-state index contributed by atoms with van der Waals surface area (Å²) in [5.74, 6) is -1.93. The topological polar surface area (TPSA) is 73.9 Å². The van der Waals surface area contributed by atoms with Crippen molar-refractivity contribution in [3.8, 4) is 0 Å². The Hall–Kier alpha value is -3.23. The Morgan fingerprint density at radius 3 is 2.22 bits per heavy atom. The maximum atomic E-state index is 14.4. The number of hydrogen-bond donors (Lipinski definition) is 1. The minimum absolute atomic E-state index is 0.0904. The van der Waals surface area contributed by atoms with Gasteiger partial charge in [-0.1, -0.05) is 48.5 Å². The summed E-state index contributed by atoms with van der Waals surface area (Å²) in [5, 5.41) is 4.49. The largest absolute Gasteiger partial charge is 0.495 e. The van der Waals surface area contributed by atoms with Gasteiger partial charge in [0, 0.05) is 6.42 Å². The Kier molecular flexibility index (Phi) is 6.95. The molecule has 6 nitrogen and oxygen atoms in total. The van der Waals surface area contributed by atoms with E-state index in [2.05, 4.69) is 5.32 Å². The third kappa shape index (κ3) is 4.75. The number of ether oxygens (including phenoxy) is 1. The number of benzene rings is 3. The summed E-state index contributed by atoms with van der Waals surface area (Å²) in [5.41, 5.74) is 1.13. The Bertz CT molecular complexity index is 1290. The number of halogens is 1. The summed E-state index contributed by atoms with van der Waals surface area (Å²) >= 11 is 0. The quantitative estimate of drug-likeness (QED) is 0.415. The molecule has 3 aromatic carbocycles. The fraction of sp³-hybridized carbons (Fsp3) is 0.357. The molecule has 36 heavy (non-hydrogen) atoms. The molecule has 1 fully saturated rings. The van der Waals surface area contributed by atoms with Crippen LogP contribution in [0.25, 0.3) is 10.8 Å². The highest BCUT2D eigenvalue weighted by molar-refractivity contribution is 6.65. The van der Waals surface area contributed by atoms with Crippen LogP contribution in [0.4, 0.5) is 4.39 Å². The van der Waals surface area contributed by atoms with E-state index in [1.165, 1.54) is 19.2 Å². The molecule has 0 unspecified atom stereocenters. The van der Waals surface area contributed by atoms with Gasteiger partial charge in [0.25, 0.3) is 5.91 Å². The highest BCUT2D eigenvalue weighted by atomic mass is 19.1. The Morgan fingerprint density at radius 1 is 0.972 bits per heavy atom. The van der Waals surface area contributed by atoms with Crippen molar-refractivity contribution in [2.45, 2.75) is 58.3 Å². The standard InChI is InChI=1S/C28H31BFNO5/c1-17-10-7-15-22(30)24(17)25(32)31-23(26(33)34-6)16-18-11-8-13-20-19(18)12-9-14-21(20)29-35-27(2,3)28(4,5)36-29/h7-15,23H,16H2,1-6H3,(H,31,32)/t23-/m0/s1. The van der Waals surface area contributed by atoms with E-state index in [0.29, 0.717) is 5.56 Å².